The second-order valence-corrected chi connectivity index (χ2v) is 8.20. The van der Waals surface area contributed by atoms with Crippen molar-refractivity contribution >= 4 is 29.9 Å². The fraction of sp³-hybridized carbons (Fsp3) is 0.682. The first-order valence-electron chi connectivity index (χ1n) is 10.6. The van der Waals surface area contributed by atoms with E-state index in [0.29, 0.717) is 5.41 Å². The lowest BCUT2D eigenvalue weighted by Crippen LogP contribution is -2.49. The maximum absolute atomic E-state index is 4.42. The van der Waals surface area contributed by atoms with Crippen LogP contribution < -0.4 is 10.6 Å². The van der Waals surface area contributed by atoms with Gasteiger partial charge in [0.25, 0.3) is 0 Å². The van der Waals surface area contributed by atoms with Gasteiger partial charge in [-0.25, -0.2) is 0 Å². The third-order valence-corrected chi connectivity index (χ3v) is 6.30. The fourth-order valence-corrected chi connectivity index (χ4v) is 4.17. The molecule has 0 unspecified atom stereocenters. The molecule has 28 heavy (non-hydrogen) atoms. The van der Waals surface area contributed by atoms with E-state index in [4.69, 9.17) is 0 Å². The van der Waals surface area contributed by atoms with Gasteiger partial charge >= 0.3 is 0 Å². The van der Waals surface area contributed by atoms with Gasteiger partial charge < -0.3 is 20.4 Å². The summed E-state index contributed by atoms with van der Waals surface area (Å²) in [6.45, 7) is 8.03. The van der Waals surface area contributed by atoms with Crippen molar-refractivity contribution in [2.75, 3.05) is 59.9 Å². The summed E-state index contributed by atoms with van der Waals surface area (Å²) in [5.41, 5.74) is 1.76. The summed E-state index contributed by atoms with van der Waals surface area (Å²) in [4.78, 5) is 9.42. The summed E-state index contributed by atoms with van der Waals surface area (Å²) in [7, 11) is 4.08. The van der Waals surface area contributed by atoms with Gasteiger partial charge in [-0.2, -0.15) is 0 Å². The van der Waals surface area contributed by atoms with Gasteiger partial charge in [-0.05, 0) is 44.8 Å². The predicted octanol–water partition coefficient (Wildman–Crippen LogP) is 2.92. The average Bonchev–Trinajstić information content (AvgIpc) is 2.67. The number of unbranched alkanes of at least 4 members (excludes halogenated alkanes) is 1. The lowest BCUT2D eigenvalue weighted by atomic mass is 9.64. The molecule has 1 aromatic carbocycles. The number of nitrogens with zero attached hydrogens (tertiary/aromatic N) is 3. The number of benzene rings is 1. The minimum absolute atomic E-state index is 0. The maximum atomic E-state index is 4.42. The van der Waals surface area contributed by atoms with Crippen molar-refractivity contribution in [1.82, 2.24) is 20.4 Å². The zero-order valence-corrected chi connectivity index (χ0v) is 20.0. The number of piperazine rings is 1. The Kier molecular flexibility index (Phi) is 10.0. The molecule has 158 valence electrons. The molecule has 2 N–H and O–H groups in total. The van der Waals surface area contributed by atoms with Gasteiger partial charge in [0.1, 0.15) is 0 Å². The van der Waals surface area contributed by atoms with E-state index in [1.165, 1.54) is 70.4 Å². The lowest BCUT2D eigenvalue weighted by molar-refractivity contribution is 0.152. The molecule has 2 fully saturated rings. The number of halogens is 1. The van der Waals surface area contributed by atoms with Crippen LogP contribution in [-0.4, -0.2) is 75.7 Å². The topological polar surface area (TPSA) is 42.9 Å². The van der Waals surface area contributed by atoms with E-state index < -0.39 is 0 Å². The first-order valence-corrected chi connectivity index (χ1v) is 10.6. The molecule has 6 heteroatoms. The first kappa shape index (κ1) is 23.4. The van der Waals surface area contributed by atoms with Gasteiger partial charge in [-0.3, -0.25) is 4.99 Å². The molecule has 3 rings (SSSR count). The van der Waals surface area contributed by atoms with Crippen molar-refractivity contribution in [3.05, 3.63) is 35.9 Å². The van der Waals surface area contributed by atoms with E-state index in [1.807, 2.05) is 7.05 Å². The molecule has 1 heterocycles. The molecule has 0 amide bonds. The Balaban J connectivity index is 0.00000280. The van der Waals surface area contributed by atoms with Crippen molar-refractivity contribution in [1.29, 1.82) is 0 Å². The van der Waals surface area contributed by atoms with Crippen LogP contribution in [-0.2, 0) is 5.41 Å². The maximum Gasteiger partial charge on any atom is 0.191 e. The van der Waals surface area contributed by atoms with Crippen LogP contribution in [0.2, 0.25) is 0 Å². The molecular weight excluding hydrogens is 461 g/mol. The standard InChI is InChI=1S/C22H37N5.HI/c1-23-21(24-13-6-7-14-27-17-15-26(2)16-18-27)25-19-22(11-8-12-22)20-9-4-3-5-10-20;/h3-5,9-10H,6-8,11-19H2,1-2H3,(H2,23,24,25);1H. The second-order valence-electron chi connectivity index (χ2n) is 8.20. The smallest absolute Gasteiger partial charge is 0.191 e. The molecule has 1 aliphatic heterocycles. The highest BCUT2D eigenvalue weighted by Crippen LogP contribution is 2.43. The van der Waals surface area contributed by atoms with Gasteiger partial charge in [0.05, 0.1) is 0 Å². The van der Waals surface area contributed by atoms with Crippen LogP contribution in [0, 0.1) is 0 Å². The highest BCUT2D eigenvalue weighted by Gasteiger charge is 2.38. The van der Waals surface area contributed by atoms with Crippen LogP contribution in [0.3, 0.4) is 0 Å². The van der Waals surface area contributed by atoms with Gasteiger partial charge in [0.2, 0.25) is 0 Å². The van der Waals surface area contributed by atoms with E-state index in [-0.39, 0.29) is 24.0 Å². The second kappa shape index (κ2) is 12.0. The minimum atomic E-state index is 0. The normalized spacial score (nSPS) is 20.1. The van der Waals surface area contributed by atoms with E-state index >= 15 is 0 Å². The molecule has 0 spiro atoms. The Bertz CT molecular complexity index is 580. The SMILES string of the molecule is CN=C(NCCCCN1CCN(C)CC1)NCC1(c2ccccc2)CCC1.I. The summed E-state index contributed by atoms with van der Waals surface area (Å²) in [5.74, 6) is 0.941. The Morgan fingerprint density at radius 1 is 1.04 bits per heavy atom. The highest BCUT2D eigenvalue weighted by atomic mass is 127. The summed E-state index contributed by atoms with van der Waals surface area (Å²) >= 11 is 0. The van der Waals surface area contributed by atoms with Crippen molar-refractivity contribution < 1.29 is 0 Å². The zero-order valence-electron chi connectivity index (χ0n) is 17.6. The molecule has 1 aliphatic carbocycles. The Labute approximate surface area is 188 Å². The molecule has 2 aliphatic rings. The van der Waals surface area contributed by atoms with Crippen LogP contribution in [0.15, 0.2) is 35.3 Å². The number of likely N-dealkylation sites (N-methyl/N-ethyl adjacent to an activating group) is 1. The molecule has 5 nitrogen and oxygen atoms in total. The molecular formula is C22H38IN5. The third kappa shape index (κ3) is 6.59. The summed E-state index contributed by atoms with van der Waals surface area (Å²) in [6.07, 6.45) is 6.31. The largest absolute Gasteiger partial charge is 0.356 e. The molecule has 1 saturated carbocycles. The number of rotatable bonds is 8. The van der Waals surface area contributed by atoms with E-state index in [9.17, 15) is 0 Å². The van der Waals surface area contributed by atoms with E-state index in [2.05, 4.69) is 62.8 Å². The van der Waals surface area contributed by atoms with Crippen LogP contribution in [0.1, 0.15) is 37.7 Å². The number of aliphatic imine (C=N–C) groups is 1. The lowest BCUT2D eigenvalue weighted by Gasteiger charge is -2.43. The van der Waals surface area contributed by atoms with E-state index in [1.54, 1.807) is 0 Å². The number of hydrogen-bond donors (Lipinski definition) is 2. The molecule has 0 radical (unpaired) electrons. The number of guanidine groups is 1. The third-order valence-electron chi connectivity index (χ3n) is 6.30. The Hall–Kier alpha value is -0.860. The molecule has 0 bridgehead atoms. The molecule has 0 aromatic heterocycles. The van der Waals surface area contributed by atoms with Crippen LogP contribution >= 0.6 is 24.0 Å². The Morgan fingerprint density at radius 3 is 2.36 bits per heavy atom. The average molecular weight is 499 g/mol. The van der Waals surface area contributed by atoms with Crippen molar-refractivity contribution in [3.63, 3.8) is 0 Å². The van der Waals surface area contributed by atoms with Crippen molar-refractivity contribution in [2.45, 2.75) is 37.5 Å². The van der Waals surface area contributed by atoms with E-state index in [0.717, 1.165) is 19.0 Å². The predicted molar refractivity (Wildman–Crippen MR) is 130 cm³/mol. The number of hydrogen-bond acceptors (Lipinski definition) is 3. The van der Waals surface area contributed by atoms with Gasteiger partial charge in [-0.15, -0.1) is 24.0 Å². The van der Waals surface area contributed by atoms with Gasteiger partial charge in [0.15, 0.2) is 5.96 Å². The molecule has 1 saturated heterocycles. The van der Waals surface area contributed by atoms with Crippen LogP contribution in [0.4, 0.5) is 0 Å². The Morgan fingerprint density at radius 2 is 1.75 bits per heavy atom. The minimum Gasteiger partial charge on any atom is -0.356 e. The summed E-state index contributed by atoms with van der Waals surface area (Å²) in [6, 6.07) is 11.0. The van der Waals surface area contributed by atoms with Gasteiger partial charge in [-0.1, -0.05) is 36.8 Å². The van der Waals surface area contributed by atoms with Crippen molar-refractivity contribution in [2.24, 2.45) is 4.99 Å². The van der Waals surface area contributed by atoms with Crippen molar-refractivity contribution in [3.8, 4) is 0 Å². The molecule has 0 atom stereocenters. The highest BCUT2D eigenvalue weighted by molar-refractivity contribution is 14.0. The molecule has 1 aromatic rings. The van der Waals surface area contributed by atoms with Crippen LogP contribution in [0.25, 0.3) is 0 Å². The van der Waals surface area contributed by atoms with Crippen LogP contribution in [0.5, 0.6) is 0 Å². The fourth-order valence-electron chi connectivity index (χ4n) is 4.17. The zero-order chi connectivity index (χ0) is 19.0. The first-order chi connectivity index (χ1) is 13.2. The monoisotopic (exact) mass is 499 g/mol. The summed E-state index contributed by atoms with van der Waals surface area (Å²) in [5, 5.41) is 7.08. The number of nitrogens with one attached hydrogen (secondary N) is 2. The summed E-state index contributed by atoms with van der Waals surface area (Å²) < 4.78 is 0. The quantitative estimate of drug-likeness (QED) is 0.250. The van der Waals surface area contributed by atoms with Gasteiger partial charge in [0, 0.05) is 51.7 Å².